The molecule has 3 N–H and O–H groups in total. The summed E-state index contributed by atoms with van der Waals surface area (Å²) in [5.74, 6) is 6.85. The second-order valence-electron chi connectivity index (χ2n) is 4.22. The monoisotopic (exact) mass is 338 g/mol. The van der Waals surface area contributed by atoms with E-state index in [1.54, 1.807) is 11.8 Å². The van der Waals surface area contributed by atoms with Gasteiger partial charge in [-0.2, -0.15) is 16.1 Å². The lowest BCUT2D eigenvalue weighted by atomic mass is 10.3. The van der Waals surface area contributed by atoms with Crippen LogP contribution in [0.25, 0.3) is 0 Å². The molecule has 2 heterocycles. The molecule has 0 aromatic carbocycles. The van der Waals surface area contributed by atoms with Gasteiger partial charge in [0.05, 0.1) is 4.92 Å². The maximum Gasteiger partial charge on any atom is 0.306 e. The Morgan fingerprint density at radius 1 is 1.60 bits per heavy atom. The van der Waals surface area contributed by atoms with E-state index in [0.717, 1.165) is 35.3 Å². The fourth-order valence-electron chi connectivity index (χ4n) is 1.87. The summed E-state index contributed by atoms with van der Waals surface area (Å²) in [4.78, 5) is 10.2. The number of rotatable bonds is 5. The Bertz CT molecular complexity index is 609. The van der Waals surface area contributed by atoms with Crippen LogP contribution in [0, 0.1) is 10.1 Å². The highest BCUT2D eigenvalue weighted by atomic mass is 32.2. The van der Waals surface area contributed by atoms with Gasteiger partial charge in [0.1, 0.15) is 4.21 Å². The second-order valence-corrected chi connectivity index (χ2v) is 8.65. The molecule has 0 bridgehead atoms. The van der Waals surface area contributed by atoms with Crippen LogP contribution >= 0.6 is 23.1 Å². The van der Waals surface area contributed by atoms with E-state index in [2.05, 4.69) is 5.43 Å². The third-order valence-corrected chi connectivity index (χ3v) is 7.63. The van der Waals surface area contributed by atoms with Gasteiger partial charge in [-0.1, -0.05) is 11.3 Å². The van der Waals surface area contributed by atoms with Gasteiger partial charge in [-0.15, -0.1) is 0 Å². The van der Waals surface area contributed by atoms with Crippen molar-refractivity contribution in [1.29, 1.82) is 0 Å². The molecule has 0 aliphatic carbocycles. The van der Waals surface area contributed by atoms with Gasteiger partial charge in [0, 0.05) is 24.9 Å². The van der Waals surface area contributed by atoms with Gasteiger partial charge in [-0.3, -0.25) is 10.1 Å². The molecule has 0 radical (unpaired) electrons. The molecule has 112 valence electrons. The average Bonchev–Trinajstić information content (AvgIpc) is 3.06. The van der Waals surface area contributed by atoms with Gasteiger partial charge >= 0.3 is 5.69 Å². The van der Waals surface area contributed by atoms with E-state index in [1.165, 1.54) is 11.4 Å². The summed E-state index contributed by atoms with van der Waals surface area (Å²) in [6, 6.07) is 0.980. The molecule has 1 unspecified atom stereocenters. The maximum atomic E-state index is 12.5. The van der Waals surface area contributed by atoms with Crippen molar-refractivity contribution in [3.8, 4) is 0 Å². The minimum atomic E-state index is -3.73. The molecule has 1 aliphatic rings. The third-order valence-electron chi connectivity index (χ3n) is 3.07. The Kier molecular flexibility index (Phi) is 4.54. The predicted molar refractivity (Wildman–Crippen MR) is 79.5 cm³/mol. The van der Waals surface area contributed by atoms with Crippen LogP contribution in [0.2, 0.25) is 0 Å². The molecule has 1 aromatic heterocycles. The third kappa shape index (κ3) is 2.76. The molecular weight excluding hydrogens is 324 g/mol. The molecule has 1 atom stereocenters. The number of nitrogens with two attached hydrogens (primary N) is 1. The van der Waals surface area contributed by atoms with Crippen molar-refractivity contribution in [2.24, 2.45) is 5.84 Å². The van der Waals surface area contributed by atoms with Gasteiger partial charge in [0.15, 0.2) is 5.00 Å². The lowest BCUT2D eigenvalue weighted by Gasteiger charge is -2.21. The number of nitrogen functional groups attached to an aromatic ring is 1. The van der Waals surface area contributed by atoms with Crippen LogP contribution in [-0.2, 0) is 10.0 Å². The SMILES string of the molecule is CN(C1CCSC1)S(=O)(=O)c1cc([N+](=O)[O-])c(NN)s1. The van der Waals surface area contributed by atoms with E-state index in [0.29, 0.717) is 0 Å². The fraction of sp³-hybridized carbons (Fsp3) is 0.556. The number of hydrogen-bond donors (Lipinski definition) is 2. The first-order valence-corrected chi connectivity index (χ1v) is 9.09. The molecule has 11 heteroatoms. The van der Waals surface area contributed by atoms with Gasteiger partial charge in [-0.25, -0.2) is 14.3 Å². The fourth-order valence-corrected chi connectivity index (χ4v) is 6.04. The molecule has 20 heavy (non-hydrogen) atoms. The van der Waals surface area contributed by atoms with Crippen LogP contribution in [0.5, 0.6) is 0 Å². The summed E-state index contributed by atoms with van der Waals surface area (Å²) in [5.41, 5.74) is 1.84. The van der Waals surface area contributed by atoms with E-state index in [9.17, 15) is 18.5 Å². The summed E-state index contributed by atoms with van der Waals surface area (Å²) in [6.45, 7) is 0. The standard InChI is InChI=1S/C9H14N4O4S3/c1-12(6-2-3-18-5-6)20(16,17)8-4-7(13(14)15)9(11-10)19-8/h4,6,11H,2-3,5,10H2,1H3. The first-order valence-electron chi connectivity index (χ1n) is 5.68. The minimum absolute atomic E-state index is 0.0303. The predicted octanol–water partition coefficient (Wildman–Crippen LogP) is 1.07. The van der Waals surface area contributed by atoms with Crippen LogP contribution in [0.4, 0.5) is 10.7 Å². The summed E-state index contributed by atoms with van der Waals surface area (Å²) in [7, 11) is -2.22. The number of hydrogen-bond acceptors (Lipinski definition) is 8. The first kappa shape index (κ1) is 15.5. The van der Waals surface area contributed by atoms with Gasteiger partial charge < -0.3 is 5.43 Å². The van der Waals surface area contributed by atoms with Crippen LogP contribution in [0.3, 0.4) is 0 Å². The first-order chi connectivity index (χ1) is 9.37. The molecule has 2 rings (SSSR count). The van der Waals surface area contributed by atoms with Crippen molar-refractivity contribution in [2.75, 3.05) is 24.0 Å². The molecular formula is C9H14N4O4S3. The van der Waals surface area contributed by atoms with Gasteiger partial charge in [0.25, 0.3) is 10.0 Å². The summed E-state index contributed by atoms with van der Waals surface area (Å²) in [6.07, 6.45) is 0.788. The Labute approximate surface area is 124 Å². The number of nitro groups is 1. The molecule has 1 saturated heterocycles. The van der Waals surface area contributed by atoms with Crippen molar-refractivity contribution >= 4 is 43.8 Å². The maximum absolute atomic E-state index is 12.5. The zero-order valence-electron chi connectivity index (χ0n) is 10.6. The van der Waals surface area contributed by atoms with E-state index in [-0.39, 0.29) is 20.9 Å². The molecule has 0 saturated carbocycles. The highest BCUT2D eigenvalue weighted by molar-refractivity contribution is 7.99. The highest BCUT2D eigenvalue weighted by Crippen LogP contribution is 2.38. The molecule has 0 amide bonds. The van der Waals surface area contributed by atoms with Crippen LogP contribution in [0.15, 0.2) is 10.3 Å². The summed E-state index contributed by atoms with van der Waals surface area (Å²) >= 11 is 2.46. The van der Waals surface area contributed by atoms with Crippen molar-refractivity contribution < 1.29 is 13.3 Å². The van der Waals surface area contributed by atoms with Crippen LogP contribution < -0.4 is 11.3 Å². The Morgan fingerprint density at radius 3 is 2.75 bits per heavy atom. The number of thiophene rings is 1. The van der Waals surface area contributed by atoms with E-state index >= 15 is 0 Å². The van der Waals surface area contributed by atoms with E-state index in [4.69, 9.17) is 5.84 Å². The Balaban J connectivity index is 2.36. The topological polar surface area (TPSA) is 119 Å². The smallest absolute Gasteiger partial charge is 0.306 e. The molecule has 1 aromatic rings. The van der Waals surface area contributed by atoms with Crippen molar-refractivity contribution in [1.82, 2.24) is 4.31 Å². The summed E-state index contributed by atoms with van der Waals surface area (Å²) in [5, 5.41) is 10.9. The van der Waals surface area contributed by atoms with Gasteiger partial charge in [0.2, 0.25) is 0 Å². The van der Waals surface area contributed by atoms with Crippen molar-refractivity contribution in [2.45, 2.75) is 16.7 Å². The quantitative estimate of drug-likeness (QED) is 0.468. The average molecular weight is 338 g/mol. The van der Waals surface area contributed by atoms with E-state index < -0.39 is 14.9 Å². The summed E-state index contributed by atoms with van der Waals surface area (Å²) < 4.78 is 26.1. The number of thioether (sulfide) groups is 1. The molecule has 1 fully saturated rings. The Morgan fingerprint density at radius 2 is 2.30 bits per heavy atom. The number of nitrogens with zero attached hydrogens (tertiary/aromatic N) is 2. The van der Waals surface area contributed by atoms with Crippen molar-refractivity contribution in [3.05, 3.63) is 16.2 Å². The molecule has 1 aliphatic heterocycles. The number of hydrazine groups is 1. The second kappa shape index (κ2) is 5.85. The molecule has 0 spiro atoms. The van der Waals surface area contributed by atoms with Crippen molar-refractivity contribution in [3.63, 3.8) is 0 Å². The van der Waals surface area contributed by atoms with Crippen LogP contribution in [0.1, 0.15) is 6.42 Å². The number of anilines is 1. The minimum Gasteiger partial charge on any atom is -0.310 e. The number of nitrogens with one attached hydrogen (secondary N) is 1. The largest absolute Gasteiger partial charge is 0.310 e. The zero-order valence-corrected chi connectivity index (χ0v) is 13.1. The van der Waals surface area contributed by atoms with Gasteiger partial charge in [-0.05, 0) is 12.2 Å². The molecule has 8 nitrogen and oxygen atoms in total. The Hall–Kier alpha value is -0.880. The zero-order chi connectivity index (χ0) is 14.9. The van der Waals surface area contributed by atoms with E-state index in [1.807, 2.05) is 0 Å². The van der Waals surface area contributed by atoms with Crippen LogP contribution in [-0.4, -0.2) is 42.2 Å². The highest BCUT2D eigenvalue weighted by Gasteiger charge is 2.34. The normalized spacial score (nSPS) is 19.4. The lowest BCUT2D eigenvalue weighted by molar-refractivity contribution is -0.383. The lowest BCUT2D eigenvalue weighted by Crippen LogP contribution is -2.36. The number of sulfonamides is 1.